The largest absolute Gasteiger partial charge is 0.367 e. The molecule has 1 unspecified atom stereocenters. The van der Waals surface area contributed by atoms with Crippen LogP contribution >= 0.6 is 0 Å². The first-order valence-electron chi connectivity index (χ1n) is 10.3. The number of rotatable bonds is 4. The Morgan fingerprint density at radius 3 is 2.52 bits per heavy atom. The zero-order valence-electron chi connectivity index (χ0n) is 16.3. The number of amides is 1. The first kappa shape index (κ1) is 16.9. The van der Waals surface area contributed by atoms with Gasteiger partial charge in [0.25, 0.3) is 0 Å². The summed E-state index contributed by atoms with van der Waals surface area (Å²) in [6.07, 6.45) is 5.75. The van der Waals surface area contributed by atoms with E-state index in [0.29, 0.717) is 17.8 Å². The van der Waals surface area contributed by atoms with Crippen LogP contribution in [0.4, 0.5) is 11.4 Å². The highest BCUT2D eigenvalue weighted by Crippen LogP contribution is 2.71. The van der Waals surface area contributed by atoms with Gasteiger partial charge in [-0.25, -0.2) is 0 Å². The summed E-state index contributed by atoms with van der Waals surface area (Å²) in [5.41, 5.74) is 8.08. The topological polar surface area (TPSA) is 32.3 Å². The molecule has 1 aliphatic heterocycles. The number of aryl methyl sites for hydroxylation is 2. The van der Waals surface area contributed by atoms with Crippen molar-refractivity contribution in [3.63, 3.8) is 0 Å². The average Bonchev–Trinajstić information content (AvgIpc) is 3.57. The molecule has 3 heteroatoms. The monoisotopic (exact) mass is 360 g/mol. The summed E-state index contributed by atoms with van der Waals surface area (Å²) in [5, 5.41) is 3.20. The molecule has 1 atom stereocenters. The van der Waals surface area contributed by atoms with Gasteiger partial charge in [0, 0.05) is 30.9 Å². The van der Waals surface area contributed by atoms with Crippen LogP contribution < -0.4 is 10.2 Å². The molecule has 2 saturated carbocycles. The SMILES string of the molecule is Cc1cc(N2CCc3ccccc3C2)cc(C)c1NC(=O)CC1CC12CC2. The first-order chi connectivity index (χ1) is 13.0. The second-order valence-electron chi connectivity index (χ2n) is 8.91. The summed E-state index contributed by atoms with van der Waals surface area (Å²) < 4.78 is 0. The minimum Gasteiger partial charge on any atom is -0.367 e. The van der Waals surface area contributed by atoms with Gasteiger partial charge in [-0.1, -0.05) is 24.3 Å². The lowest BCUT2D eigenvalue weighted by atomic mass is 9.98. The number of carbonyl (C=O) groups is 1. The normalized spacial score (nSPS) is 21.7. The molecule has 1 heterocycles. The van der Waals surface area contributed by atoms with Gasteiger partial charge in [0.05, 0.1) is 0 Å². The van der Waals surface area contributed by atoms with Crippen LogP contribution in [-0.2, 0) is 17.8 Å². The Morgan fingerprint density at radius 2 is 1.85 bits per heavy atom. The van der Waals surface area contributed by atoms with Crippen molar-refractivity contribution in [1.82, 2.24) is 0 Å². The van der Waals surface area contributed by atoms with E-state index in [1.807, 2.05) is 0 Å². The molecule has 2 aromatic rings. The van der Waals surface area contributed by atoms with E-state index in [2.05, 4.69) is 60.5 Å². The Bertz CT molecular complexity index is 889. The van der Waals surface area contributed by atoms with Gasteiger partial charge in [0.1, 0.15) is 0 Å². The number of hydrogen-bond donors (Lipinski definition) is 1. The molecule has 27 heavy (non-hydrogen) atoms. The summed E-state index contributed by atoms with van der Waals surface area (Å²) in [5.74, 6) is 0.834. The van der Waals surface area contributed by atoms with Crippen molar-refractivity contribution >= 4 is 17.3 Å². The van der Waals surface area contributed by atoms with E-state index in [1.165, 1.54) is 36.1 Å². The molecule has 0 aromatic heterocycles. The summed E-state index contributed by atoms with van der Waals surface area (Å²) in [6.45, 7) is 6.24. The maximum atomic E-state index is 12.5. The van der Waals surface area contributed by atoms with Gasteiger partial charge in [0.2, 0.25) is 5.91 Å². The molecular formula is C24H28N2O. The van der Waals surface area contributed by atoms with E-state index >= 15 is 0 Å². The third kappa shape index (κ3) is 3.13. The van der Waals surface area contributed by atoms with Gasteiger partial charge < -0.3 is 10.2 Å². The summed E-state index contributed by atoms with van der Waals surface area (Å²) in [6, 6.07) is 13.2. The highest BCUT2D eigenvalue weighted by atomic mass is 16.1. The van der Waals surface area contributed by atoms with Crippen LogP contribution in [-0.4, -0.2) is 12.5 Å². The van der Waals surface area contributed by atoms with Crippen LogP contribution in [0.1, 0.15) is 47.9 Å². The van der Waals surface area contributed by atoms with E-state index in [-0.39, 0.29) is 5.91 Å². The van der Waals surface area contributed by atoms with Crippen LogP contribution in [0.2, 0.25) is 0 Å². The van der Waals surface area contributed by atoms with Crippen molar-refractivity contribution in [2.45, 2.75) is 52.5 Å². The smallest absolute Gasteiger partial charge is 0.224 e. The number of nitrogens with zero attached hydrogens (tertiary/aromatic N) is 1. The summed E-state index contributed by atoms with van der Waals surface area (Å²) >= 11 is 0. The Hall–Kier alpha value is -2.29. The van der Waals surface area contributed by atoms with Crippen LogP contribution in [0.25, 0.3) is 0 Å². The molecule has 1 amide bonds. The average molecular weight is 361 g/mol. The lowest BCUT2D eigenvalue weighted by Crippen LogP contribution is -2.30. The lowest BCUT2D eigenvalue weighted by molar-refractivity contribution is -0.116. The number of anilines is 2. The van der Waals surface area contributed by atoms with Crippen LogP contribution in [0, 0.1) is 25.2 Å². The zero-order chi connectivity index (χ0) is 18.6. The van der Waals surface area contributed by atoms with Crippen molar-refractivity contribution in [1.29, 1.82) is 0 Å². The summed E-state index contributed by atoms with van der Waals surface area (Å²) in [7, 11) is 0. The molecule has 2 fully saturated rings. The van der Waals surface area contributed by atoms with Crippen molar-refractivity contribution in [2.24, 2.45) is 11.3 Å². The fourth-order valence-corrected chi connectivity index (χ4v) is 4.94. The molecular weight excluding hydrogens is 332 g/mol. The third-order valence-corrected chi connectivity index (χ3v) is 6.96. The van der Waals surface area contributed by atoms with Crippen molar-refractivity contribution in [3.05, 3.63) is 58.7 Å². The molecule has 3 nitrogen and oxygen atoms in total. The molecule has 5 rings (SSSR count). The van der Waals surface area contributed by atoms with Gasteiger partial charge in [-0.3, -0.25) is 4.79 Å². The van der Waals surface area contributed by atoms with Gasteiger partial charge in [-0.2, -0.15) is 0 Å². The molecule has 0 radical (unpaired) electrons. The predicted octanol–water partition coefficient (Wildman–Crippen LogP) is 4.99. The molecule has 1 N–H and O–H groups in total. The maximum absolute atomic E-state index is 12.5. The van der Waals surface area contributed by atoms with E-state index in [9.17, 15) is 4.79 Å². The standard InChI is InChI=1S/C24H28N2O/c1-16-11-21(26-10-7-18-5-3-4-6-19(18)15-26)12-17(2)23(16)25-22(27)13-20-14-24(20)8-9-24/h3-6,11-12,20H,7-10,13-15H2,1-2H3,(H,25,27). The Labute approximate surface area is 161 Å². The fraction of sp³-hybridized carbons (Fsp3) is 0.458. The molecule has 0 saturated heterocycles. The minimum atomic E-state index is 0.189. The predicted molar refractivity (Wildman–Crippen MR) is 110 cm³/mol. The number of hydrogen-bond acceptors (Lipinski definition) is 2. The van der Waals surface area contributed by atoms with E-state index in [4.69, 9.17) is 0 Å². The Kier molecular flexibility index (Phi) is 3.82. The summed E-state index contributed by atoms with van der Waals surface area (Å²) in [4.78, 5) is 14.9. The van der Waals surface area contributed by atoms with Crippen LogP contribution in [0.5, 0.6) is 0 Å². The van der Waals surface area contributed by atoms with Gasteiger partial charge in [-0.15, -0.1) is 0 Å². The number of carbonyl (C=O) groups excluding carboxylic acids is 1. The van der Waals surface area contributed by atoms with Crippen LogP contribution in [0.3, 0.4) is 0 Å². The lowest BCUT2D eigenvalue weighted by Gasteiger charge is -2.31. The molecule has 1 spiro atoms. The minimum absolute atomic E-state index is 0.189. The Morgan fingerprint density at radius 1 is 1.15 bits per heavy atom. The van der Waals surface area contributed by atoms with E-state index in [0.717, 1.165) is 36.3 Å². The zero-order valence-corrected chi connectivity index (χ0v) is 16.3. The van der Waals surface area contributed by atoms with Crippen molar-refractivity contribution in [2.75, 3.05) is 16.8 Å². The highest BCUT2D eigenvalue weighted by molar-refractivity contribution is 5.93. The Balaban J connectivity index is 1.30. The number of nitrogens with one attached hydrogen (secondary N) is 1. The molecule has 2 aliphatic carbocycles. The van der Waals surface area contributed by atoms with Gasteiger partial charge >= 0.3 is 0 Å². The second kappa shape index (κ2) is 6.12. The number of benzene rings is 2. The van der Waals surface area contributed by atoms with E-state index in [1.54, 1.807) is 0 Å². The molecule has 140 valence electrons. The third-order valence-electron chi connectivity index (χ3n) is 6.96. The first-order valence-corrected chi connectivity index (χ1v) is 10.3. The van der Waals surface area contributed by atoms with Gasteiger partial charge in [-0.05, 0) is 85.3 Å². The quantitative estimate of drug-likeness (QED) is 0.832. The number of fused-ring (bicyclic) bond motifs is 1. The highest BCUT2D eigenvalue weighted by Gasteiger charge is 2.62. The molecule has 2 aromatic carbocycles. The fourth-order valence-electron chi connectivity index (χ4n) is 4.94. The second-order valence-corrected chi connectivity index (χ2v) is 8.91. The van der Waals surface area contributed by atoms with E-state index < -0.39 is 0 Å². The van der Waals surface area contributed by atoms with Crippen molar-refractivity contribution in [3.8, 4) is 0 Å². The maximum Gasteiger partial charge on any atom is 0.224 e. The molecule has 3 aliphatic rings. The van der Waals surface area contributed by atoms with Gasteiger partial charge in [0.15, 0.2) is 0 Å². The molecule has 0 bridgehead atoms. The van der Waals surface area contributed by atoms with Crippen LogP contribution in [0.15, 0.2) is 36.4 Å². The van der Waals surface area contributed by atoms with Crippen molar-refractivity contribution < 1.29 is 4.79 Å².